The molecule has 2 saturated heterocycles. The molecule has 4 aromatic rings. The molecule has 0 radical (unpaired) electrons. The lowest BCUT2D eigenvalue weighted by molar-refractivity contribution is -0.131. The molecular formula is C34H38Cl2N4O3S. The molecule has 3 aromatic carbocycles. The van der Waals surface area contributed by atoms with Gasteiger partial charge in [0.15, 0.2) is 0 Å². The van der Waals surface area contributed by atoms with Crippen LogP contribution in [-0.4, -0.2) is 71.7 Å². The van der Waals surface area contributed by atoms with E-state index in [1.54, 1.807) is 11.8 Å². The topological polar surface area (TPSA) is 77.7 Å². The van der Waals surface area contributed by atoms with Crippen LogP contribution in [0.5, 0.6) is 0 Å². The van der Waals surface area contributed by atoms with Crippen LogP contribution < -0.4 is 5.32 Å². The van der Waals surface area contributed by atoms with E-state index in [4.69, 9.17) is 27.9 Å². The summed E-state index contributed by atoms with van der Waals surface area (Å²) < 4.78 is 5.21. The predicted octanol–water partition coefficient (Wildman–Crippen LogP) is 7.12. The largest absolute Gasteiger partial charge is 0.379 e. The Labute approximate surface area is 273 Å². The van der Waals surface area contributed by atoms with Crippen LogP contribution >= 0.6 is 35.0 Å². The highest BCUT2D eigenvalue weighted by Crippen LogP contribution is 2.48. The van der Waals surface area contributed by atoms with E-state index in [0.717, 1.165) is 74.3 Å². The molecule has 232 valence electrons. The van der Waals surface area contributed by atoms with Crippen LogP contribution in [0.2, 0.25) is 10.0 Å². The van der Waals surface area contributed by atoms with E-state index in [2.05, 4.69) is 34.3 Å². The first-order valence-corrected chi connectivity index (χ1v) is 16.6. The summed E-state index contributed by atoms with van der Waals surface area (Å²) in [5.41, 5.74) is 3.17. The first-order chi connectivity index (χ1) is 21.4. The van der Waals surface area contributed by atoms with Gasteiger partial charge >= 0.3 is 0 Å². The summed E-state index contributed by atoms with van der Waals surface area (Å²) in [7, 11) is 0. The Morgan fingerprint density at radius 2 is 1.77 bits per heavy atom. The molecule has 1 unspecified atom stereocenters. The summed E-state index contributed by atoms with van der Waals surface area (Å²) in [6.07, 6.45) is 4.30. The summed E-state index contributed by atoms with van der Waals surface area (Å²) in [6.45, 7) is 7.69. The van der Waals surface area contributed by atoms with Crippen LogP contribution in [0, 0.1) is 0 Å². The molecule has 1 aromatic heterocycles. The molecule has 3 heterocycles. The van der Waals surface area contributed by atoms with Crippen molar-refractivity contribution in [3.63, 3.8) is 0 Å². The number of benzene rings is 3. The molecule has 2 aliphatic heterocycles. The summed E-state index contributed by atoms with van der Waals surface area (Å²) in [5.74, 6) is 0.161. The van der Waals surface area contributed by atoms with Crippen molar-refractivity contribution < 1.29 is 14.3 Å². The number of fused-ring (bicyclic) bond motifs is 1. The molecule has 0 aliphatic carbocycles. The van der Waals surface area contributed by atoms with E-state index in [-0.39, 0.29) is 23.2 Å². The minimum atomic E-state index is -0.0802. The number of thioether (sulfide) groups is 1. The highest BCUT2D eigenvalue weighted by atomic mass is 35.5. The van der Waals surface area contributed by atoms with E-state index in [0.29, 0.717) is 16.5 Å². The maximum atomic E-state index is 13.4. The van der Waals surface area contributed by atoms with Gasteiger partial charge < -0.3 is 19.9 Å². The highest BCUT2D eigenvalue weighted by Gasteiger charge is 2.44. The number of hydrogen-bond acceptors (Lipinski definition) is 5. The average Bonchev–Trinajstić information content (AvgIpc) is 3.59. The molecule has 10 heteroatoms. The third-order valence-corrected chi connectivity index (χ3v) is 9.85. The van der Waals surface area contributed by atoms with E-state index < -0.39 is 0 Å². The third kappa shape index (κ3) is 8.17. The number of rotatable bonds is 10. The number of carbonyl (C=O) groups excluding carboxylic acids is 2. The van der Waals surface area contributed by atoms with Crippen molar-refractivity contribution in [3.05, 3.63) is 100 Å². The van der Waals surface area contributed by atoms with Gasteiger partial charge in [0.2, 0.25) is 12.3 Å². The Morgan fingerprint density at radius 1 is 1.05 bits per heavy atom. The molecule has 0 bridgehead atoms. The molecule has 7 nitrogen and oxygen atoms in total. The smallest absolute Gasteiger partial charge is 0.224 e. The van der Waals surface area contributed by atoms with Gasteiger partial charge in [-0.2, -0.15) is 0 Å². The Morgan fingerprint density at radius 3 is 2.50 bits per heavy atom. The van der Waals surface area contributed by atoms with Gasteiger partial charge in [0.05, 0.1) is 25.3 Å². The second kappa shape index (κ2) is 15.8. The van der Waals surface area contributed by atoms with E-state index in [9.17, 15) is 9.59 Å². The van der Waals surface area contributed by atoms with Gasteiger partial charge in [0, 0.05) is 68.9 Å². The van der Waals surface area contributed by atoms with Gasteiger partial charge in [-0.3, -0.25) is 14.5 Å². The number of hydrogen-bond donors (Lipinski definition) is 2. The molecule has 3 atom stereocenters. The van der Waals surface area contributed by atoms with E-state index >= 15 is 0 Å². The number of carbonyl (C=O) groups is 2. The van der Waals surface area contributed by atoms with Crippen molar-refractivity contribution in [1.29, 1.82) is 0 Å². The van der Waals surface area contributed by atoms with Crippen molar-refractivity contribution in [2.75, 3.05) is 39.4 Å². The first-order valence-electron chi connectivity index (χ1n) is 15.0. The summed E-state index contributed by atoms with van der Waals surface area (Å²) in [4.78, 5) is 32.2. The molecule has 0 spiro atoms. The Balaban J connectivity index is 0.000000270. The third-order valence-electron chi connectivity index (χ3n) is 8.09. The van der Waals surface area contributed by atoms with Gasteiger partial charge in [-0.1, -0.05) is 59.6 Å². The van der Waals surface area contributed by atoms with Gasteiger partial charge in [0.1, 0.15) is 0 Å². The zero-order chi connectivity index (χ0) is 30.9. The Hall–Kier alpha value is -3.01. The molecule has 44 heavy (non-hydrogen) atoms. The minimum Gasteiger partial charge on any atom is -0.379 e. The van der Waals surface area contributed by atoms with Crippen LogP contribution in [0.4, 0.5) is 0 Å². The second-order valence-corrected chi connectivity index (χ2v) is 13.1. The fourth-order valence-electron chi connectivity index (χ4n) is 5.87. The lowest BCUT2D eigenvalue weighted by atomic mass is 10.00. The lowest BCUT2D eigenvalue weighted by Crippen LogP contribution is -2.37. The minimum absolute atomic E-state index is 0.0756. The van der Waals surface area contributed by atoms with E-state index in [1.165, 1.54) is 4.90 Å². The van der Waals surface area contributed by atoms with Crippen molar-refractivity contribution in [2.24, 2.45) is 0 Å². The summed E-state index contributed by atoms with van der Waals surface area (Å²) >= 11 is 14.1. The zero-order valence-corrected chi connectivity index (χ0v) is 27.1. The SMILES string of the molecule is C[C@H](c1ccc(Cl)cc1)N1C(=O)CC(Sc2ccccc2)[C@@H]1c1c[nH]c2cc(Cl)ccc12.O=CNCCCN1CCOCC1. The van der Waals surface area contributed by atoms with Gasteiger partial charge in [-0.25, -0.2) is 0 Å². The van der Waals surface area contributed by atoms with E-state index in [1.807, 2.05) is 71.8 Å². The van der Waals surface area contributed by atoms with Crippen molar-refractivity contribution >= 4 is 58.2 Å². The molecule has 6 rings (SSSR count). The number of aromatic amines is 1. The van der Waals surface area contributed by atoms with Crippen LogP contribution in [0.1, 0.15) is 43.0 Å². The molecular weight excluding hydrogens is 615 g/mol. The Bertz CT molecular complexity index is 1510. The van der Waals surface area contributed by atoms with Crippen LogP contribution in [0.25, 0.3) is 10.9 Å². The number of nitrogens with zero attached hydrogens (tertiary/aromatic N) is 2. The molecule has 2 fully saturated rings. The quantitative estimate of drug-likeness (QED) is 0.141. The lowest BCUT2D eigenvalue weighted by Gasteiger charge is -2.33. The number of aromatic nitrogens is 1. The Kier molecular flexibility index (Phi) is 11.6. The molecule has 2 N–H and O–H groups in total. The number of H-pyrrole nitrogens is 1. The maximum Gasteiger partial charge on any atom is 0.224 e. The molecule has 2 aliphatic rings. The van der Waals surface area contributed by atoms with Crippen LogP contribution in [-0.2, 0) is 14.3 Å². The monoisotopic (exact) mass is 652 g/mol. The number of halogens is 2. The second-order valence-electron chi connectivity index (χ2n) is 11.0. The summed E-state index contributed by atoms with van der Waals surface area (Å²) in [6, 6.07) is 23.8. The average molecular weight is 654 g/mol. The number of morpholine rings is 1. The number of ether oxygens (including phenoxy) is 1. The van der Waals surface area contributed by atoms with Crippen LogP contribution in [0.3, 0.4) is 0 Å². The molecule has 0 saturated carbocycles. The standard InChI is InChI=1S/C26H22Cl2N2OS.C8H16N2O2/c1-16(17-7-9-18(27)10-8-17)30-25(31)14-24(32-20-5-3-2-4-6-20)26(30)22-15-29-23-13-19(28)11-12-21(22)23;11-8-9-2-1-3-10-4-6-12-7-5-10/h2-13,15-16,24,26,29H,14H2,1H3;8H,1-7H2,(H,9,11)/t16-,24?,26+;/m1./s1. The summed E-state index contributed by atoms with van der Waals surface area (Å²) in [5, 5.41) is 5.22. The van der Waals surface area contributed by atoms with Crippen LogP contribution in [0.15, 0.2) is 83.9 Å². The molecule has 2 amide bonds. The fourth-order valence-corrected chi connectivity index (χ4v) is 7.46. The fraction of sp³-hybridized carbons (Fsp3) is 0.353. The van der Waals surface area contributed by atoms with Crippen molar-refractivity contribution in [3.8, 4) is 0 Å². The van der Waals surface area contributed by atoms with Gasteiger partial charge in [0.25, 0.3) is 0 Å². The van der Waals surface area contributed by atoms with Crippen molar-refractivity contribution in [1.82, 2.24) is 20.1 Å². The van der Waals surface area contributed by atoms with Crippen molar-refractivity contribution in [2.45, 2.75) is 42.0 Å². The number of amides is 2. The highest BCUT2D eigenvalue weighted by molar-refractivity contribution is 8.00. The van der Waals surface area contributed by atoms with Gasteiger partial charge in [-0.05, 0) is 61.9 Å². The number of nitrogens with one attached hydrogen (secondary N) is 2. The van der Waals surface area contributed by atoms with Gasteiger partial charge in [-0.15, -0.1) is 11.8 Å². The zero-order valence-electron chi connectivity index (χ0n) is 24.8. The maximum absolute atomic E-state index is 13.4. The predicted molar refractivity (Wildman–Crippen MR) is 179 cm³/mol. The normalized spacial score (nSPS) is 19.4. The first kappa shape index (κ1) is 32.4. The number of likely N-dealkylation sites (tertiary alicyclic amines) is 1.